The number of ether oxygens (including phenoxy) is 1. The van der Waals surface area contributed by atoms with Crippen LogP contribution < -0.4 is 4.90 Å². The lowest BCUT2D eigenvalue weighted by Gasteiger charge is -2.35. The Morgan fingerprint density at radius 2 is 2.00 bits per heavy atom. The van der Waals surface area contributed by atoms with Crippen molar-refractivity contribution in [2.45, 2.75) is 39.2 Å². The molecule has 0 aliphatic carbocycles. The third-order valence-electron chi connectivity index (χ3n) is 5.23. The Kier molecular flexibility index (Phi) is 5.25. The van der Waals surface area contributed by atoms with E-state index < -0.39 is 0 Å². The van der Waals surface area contributed by atoms with Crippen LogP contribution in [0.15, 0.2) is 18.2 Å². The molecular weight excluding hydrogens is 323 g/mol. The van der Waals surface area contributed by atoms with Crippen LogP contribution in [0.2, 0.25) is 0 Å². The van der Waals surface area contributed by atoms with Crippen LogP contribution in [0.3, 0.4) is 0 Å². The Balaban J connectivity index is 1.61. The number of carbonyl (C=O) groups is 2. The van der Waals surface area contributed by atoms with Crippen LogP contribution in [0.4, 0.5) is 10.1 Å². The first-order valence-corrected chi connectivity index (χ1v) is 9.01. The van der Waals surface area contributed by atoms with Gasteiger partial charge in [-0.15, -0.1) is 0 Å². The van der Waals surface area contributed by atoms with E-state index in [9.17, 15) is 14.0 Å². The molecule has 0 spiro atoms. The number of anilines is 1. The number of fused-ring (bicyclic) bond motifs is 1. The highest BCUT2D eigenvalue weighted by Crippen LogP contribution is 2.31. The van der Waals surface area contributed by atoms with E-state index in [1.807, 2.05) is 16.7 Å². The minimum Gasteiger partial charge on any atom is -0.466 e. The average molecular weight is 348 g/mol. The molecule has 1 aromatic rings. The minimum atomic E-state index is -0.331. The Labute approximate surface area is 147 Å². The lowest BCUT2D eigenvalue weighted by Crippen LogP contribution is -2.50. The van der Waals surface area contributed by atoms with Crippen molar-refractivity contribution in [3.63, 3.8) is 0 Å². The molecule has 2 heterocycles. The normalized spacial score (nSPS) is 18.8. The second kappa shape index (κ2) is 7.42. The number of likely N-dealkylation sites (tertiary alicyclic amines) is 1. The molecule has 1 fully saturated rings. The van der Waals surface area contributed by atoms with Crippen LogP contribution in [0.5, 0.6) is 0 Å². The highest BCUT2D eigenvalue weighted by Gasteiger charge is 2.34. The van der Waals surface area contributed by atoms with Gasteiger partial charge >= 0.3 is 5.97 Å². The van der Waals surface area contributed by atoms with Gasteiger partial charge in [0.25, 0.3) is 0 Å². The van der Waals surface area contributed by atoms with Crippen molar-refractivity contribution in [3.8, 4) is 0 Å². The number of piperidine rings is 1. The summed E-state index contributed by atoms with van der Waals surface area (Å²) in [6, 6.07) is 4.45. The molecule has 1 atom stereocenters. The summed E-state index contributed by atoms with van der Waals surface area (Å²) in [5.74, 6) is -0.507. The predicted octanol–water partition coefficient (Wildman–Crippen LogP) is 2.38. The molecule has 0 N–H and O–H groups in total. The van der Waals surface area contributed by atoms with E-state index in [-0.39, 0.29) is 29.7 Å². The van der Waals surface area contributed by atoms with Gasteiger partial charge in [0.2, 0.25) is 5.91 Å². The van der Waals surface area contributed by atoms with Crippen molar-refractivity contribution in [1.29, 1.82) is 0 Å². The number of benzene rings is 1. The van der Waals surface area contributed by atoms with Crippen LogP contribution >= 0.6 is 0 Å². The zero-order chi connectivity index (χ0) is 18.0. The molecule has 2 aliphatic rings. The van der Waals surface area contributed by atoms with E-state index in [2.05, 4.69) is 0 Å². The van der Waals surface area contributed by atoms with Crippen LogP contribution in [-0.4, -0.2) is 49.1 Å². The molecule has 136 valence electrons. The number of halogens is 1. The second-order valence-corrected chi connectivity index (χ2v) is 6.74. The molecule has 25 heavy (non-hydrogen) atoms. The molecule has 0 aromatic heterocycles. The number of hydrogen-bond donors (Lipinski definition) is 0. The quantitative estimate of drug-likeness (QED) is 0.784. The van der Waals surface area contributed by atoms with Gasteiger partial charge in [0.05, 0.1) is 12.5 Å². The summed E-state index contributed by atoms with van der Waals surface area (Å²) in [5, 5.41) is 0. The van der Waals surface area contributed by atoms with E-state index in [0.29, 0.717) is 32.5 Å². The Hall–Kier alpha value is -2.11. The van der Waals surface area contributed by atoms with Gasteiger partial charge in [-0.2, -0.15) is 0 Å². The zero-order valence-corrected chi connectivity index (χ0v) is 14.8. The number of amides is 1. The Morgan fingerprint density at radius 3 is 2.68 bits per heavy atom. The molecular formula is C19H25FN2O3. The fraction of sp³-hybridized carbons (Fsp3) is 0.579. The van der Waals surface area contributed by atoms with Gasteiger partial charge in [-0.3, -0.25) is 9.59 Å². The van der Waals surface area contributed by atoms with E-state index in [0.717, 1.165) is 24.2 Å². The molecule has 1 saturated heterocycles. The largest absolute Gasteiger partial charge is 0.466 e. The van der Waals surface area contributed by atoms with Crippen molar-refractivity contribution < 1.29 is 18.7 Å². The molecule has 6 heteroatoms. The first-order valence-electron chi connectivity index (χ1n) is 9.01. The van der Waals surface area contributed by atoms with Gasteiger partial charge < -0.3 is 14.5 Å². The molecule has 0 radical (unpaired) electrons. The third kappa shape index (κ3) is 3.62. The second-order valence-electron chi connectivity index (χ2n) is 6.74. The molecule has 0 unspecified atom stereocenters. The standard InChI is InChI=1S/C19H25FN2O3/c1-3-25-19(24)15-6-9-21(10-7-15)18(23)13(2)22-11-8-14-4-5-16(20)12-17(14)22/h4-5,12-13,15H,3,6-11H2,1-2H3/t13-/m0/s1. The minimum absolute atomic E-state index is 0.0411. The molecule has 3 rings (SSSR count). The summed E-state index contributed by atoms with van der Waals surface area (Å²) < 4.78 is 18.6. The molecule has 1 amide bonds. The SMILES string of the molecule is CCOC(=O)C1CCN(C(=O)[C@H](C)N2CCc3ccc(F)cc32)CC1. The molecule has 1 aromatic carbocycles. The Bertz CT molecular complexity index is 656. The van der Waals surface area contributed by atoms with E-state index >= 15 is 0 Å². The summed E-state index contributed by atoms with van der Waals surface area (Å²) in [6.45, 7) is 5.92. The van der Waals surface area contributed by atoms with Gasteiger partial charge in [-0.25, -0.2) is 4.39 Å². The lowest BCUT2D eigenvalue weighted by molar-refractivity contribution is -0.151. The van der Waals surface area contributed by atoms with Crippen molar-refractivity contribution in [2.24, 2.45) is 5.92 Å². The monoisotopic (exact) mass is 348 g/mol. The van der Waals surface area contributed by atoms with Crippen molar-refractivity contribution in [3.05, 3.63) is 29.6 Å². The number of nitrogens with zero attached hydrogens (tertiary/aromatic N) is 2. The Morgan fingerprint density at radius 1 is 1.28 bits per heavy atom. The van der Waals surface area contributed by atoms with Gasteiger partial charge in [0.15, 0.2) is 0 Å². The van der Waals surface area contributed by atoms with Gasteiger partial charge in [-0.1, -0.05) is 6.07 Å². The maximum atomic E-state index is 13.6. The number of esters is 1. The molecule has 0 bridgehead atoms. The van der Waals surface area contributed by atoms with Gasteiger partial charge in [0.1, 0.15) is 11.9 Å². The van der Waals surface area contributed by atoms with Crippen molar-refractivity contribution in [2.75, 3.05) is 31.1 Å². The molecule has 2 aliphatic heterocycles. The first kappa shape index (κ1) is 17.7. The van der Waals surface area contributed by atoms with Crippen LogP contribution in [-0.2, 0) is 20.7 Å². The summed E-state index contributed by atoms with van der Waals surface area (Å²) >= 11 is 0. The maximum absolute atomic E-state index is 13.6. The van der Waals surface area contributed by atoms with Crippen LogP contribution in [0.1, 0.15) is 32.3 Å². The zero-order valence-electron chi connectivity index (χ0n) is 14.8. The van der Waals surface area contributed by atoms with Gasteiger partial charge in [0, 0.05) is 25.3 Å². The van der Waals surface area contributed by atoms with Crippen molar-refractivity contribution in [1.82, 2.24) is 4.90 Å². The molecule has 5 nitrogen and oxygen atoms in total. The first-order chi connectivity index (χ1) is 12.0. The number of rotatable bonds is 4. The smallest absolute Gasteiger partial charge is 0.309 e. The van der Waals surface area contributed by atoms with Crippen LogP contribution in [0.25, 0.3) is 0 Å². The lowest BCUT2D eigenvalue weighted by atomic mass is 9.96. The highest BCUT2D eigenvalue weighted by molar-refractivity contribution is 5.86. The topological polar surface area (TPSA) is 49.9 Å². The summed E-state index contributed by atoms with van der Waals surface area (Å²) in [7, 11) is 0. The maximum Gasteiger partial charge on any atom is 0.309 e. The summed E-state index contributed by atoms with van der Waals surface area (Å²) in [5.41, 5.74) is 1.91. The van der Waals surface area contributed by atoms with Crippen LogP contribution in [0, 0.1) is 11.7 Å². The number of carbonyl (C=O) groups excluding carboxylic acids is 2. The van der Waals surface area contributed by atoms with Crippen molar-refractivity contribution >= 4 is 17.6 Å². The van der Waals surface area contributed by atoms with Gasteiger partial charge in [-0.05, 0) is 50.8 Å². The average Bonchev–Trinajstić information content (AvgIpc) is 3.03. The summed E-state index contributed by atoms with van der Waals surface area (Å²) in [6.07, 6.45) is 2.11. The van der Waals surface area contributed by atoms with E-state index in [1.54, 1.807) is 13.0 Å². The summed E-state index contributed by atoms with van der Waals surface area (Å²) in [4.78, 5) is 28.5. The van der Waals surface area contributed by atoms with E-state index in [1.165, 1.54) is 12.1 Å². The highest BCUT2D eigenvalue weighted by atomic mass is 19.1. The predicted molar refractivity (Wildman–Crippen MR) is 92.8 cm³/mol. The van der Waals surface area contributed by atoms with E-state index in [4.69, 9.17) is 4.74 Å². The third-order valence-corrected chi connectivity index (χ3v) is 5.23. The number of hydrogen-bond acceptors (Lipinski definition) is 4. The molecule has 0 saturated carbocycles. The fourth-order valence-corrected chi connectivity index (χ4v) is 3.77. The fourth-order valence-electron chi connectivity index (χ4n) is 3.77.